The van der Waals surface area contributed by atoms with Gasteiger partial charge in [-0.2, -0.15) is 0 Å². The molecular formula is C20H27N3O4. The maximum Gasteiger partial charge on any atom is 0.306 e. The van der Waals surface area contributed by atoms with Crippen molar-refractivity contribution in [3.8, 4) is 0 Å². The molecule has 0 aliphatic rings. The van der Waals surface area contributed by atoms with Gasteiger partial charge in [0, 0.05) is 25.6 Å². The minimum absolute atomic E-state index is 0.0347. The van der Waals surface area contributed by atoms with Crippen LogP contribution in [0, 0.1) is 0 Å². The summed E-state index contributed by atoms with van der Waals surface area (Å²) in [5.74, 6) is -0.198. The Labute approximate surface area is 158 Å². The van der Waals surface area contributed by atoms with Gasteiger partial charge in [-0.3, -0.25) is 19.0 Å². The number of esters is 1. The van der Waals surface area contributed by atoms with E-state index in [0.29, 0.717) is 16.7 Å². The number of para-hydroxylation sites is 1. The molecule has 0 atom stereocenters. The second-order valence-corrected chi connectivity index (χ2v) is 7.06. The van der Waals surface area contributed by atoms with Crippen LogP contribution < -0.4 is 5.56 Å². The molecule has 2 rings (SSSR count). The van der Waals surface area contributed by atoms with Gasteiger partial charge < -0.3 is 9.64 Å². The summed E-state index contributed by atoms with van der Waals surface area (Å²) in [7, 11) is 1.63. The molecule has 1 aromatic heterocycles. The molecule has 1 heterocycles. The monoisotopic (exact) mass is 373 g/mol. The number of fused-ring (bicyclic) bond motifs is 1. The first-order valence-electron chi connectivity index (χ1n) is 9.13. The number of aromatic nitrogens is 2. The van der Waals surface area contributed by atoms with Gasteiger partial charge in [0.05, 0.1) is 17.3 Å². The van der Waals surface area contributed by atoms with Gasteiger partial charge in [0.15, 0.2) is 6.61 Å². The summed E-state index contributed by atoms with van der Waals surface area (Å²) in [5, 5.41) is 0.541. The van der Waals surface area contributed by atoms with Crippen molar-refractivity contribution in [2.24, 2.45) is 7.05 Å². The maximum absolute atomic E-state index is 12.4. The second kappa shape index (κ2) is 8.79. The van der Waals surface area contributed by atoms with Crippen molar-refractivity contribution in [1.29, 1.82) is 0 Å². The number of aryl methyl sites for hydroxylation is 1. The summed E-state index contributed by atoms with van der Waals surface area (Å²) >= 11 is 0. The smallest absolute Gasteiger partial charge is 0.306 e. The molecule has 1 amide bonds. The van der Waals surface area contributed by atoms with Gasteiger partial charge in [-0.1, -0.05) is 12.1 Å². The molecule has 0 bridgehead atoms. The maximum atomic E-state index is 12.4. The number of carbonyl (C=O) groups is 2. The molecular weight excluding hydrogens is 346 g/mol. The Morgan fingerprint density at radius 2 is 1.78 bits per heavy atom. The third-order valence-electron chi connectivity index (χ3n) is 4.39. The number of nitrogens with zero attached hydrogens (tertiary/aromatic N) is 3. The highest BCUT2D eigenvalue weighted by atomic mass is 16.5. The number of hydrogen-bond acceptors (Lipinski definition) is 5. The molecule has 7 nitrogen and oxygen atoms in total. The van der Waals surface area contributed by atoms with Crippen LogP contribution in [0.25, 0.3) is 10.9 Å². The van der Waals surface area contributed by atoms with Gasteiger partial charge in [0.1, 0.15) is 5.82 Å². The minimum Gasteiger partial charge on any atom is -0.456 e. The summed E-state index contributed by atoms with van der Waals surface area (Å²) in [6, 6.07) is 7.16. The molecule has 146 valence electrons. The zero-order valence-corrected chi connectivity index (χ0v) is 16.6. The Bertz CT molecular complexity index is 878. The van der Waals surface area contributed by atoms with E-state index in [0.717, 1.165) is 0 Å². The summed E-state index contributed by atoms with van der Waals surface area (Å²) in [5.41, 5.74) is 0.451. The average molecular weight is 373 g/mol. The Morgan fingerprint density at radius 3 is 2.41 bits per heavy atom. The number of ether oxygens (including phenoxy) is 1. The van der Waals surface area contributed by atoms with Gasteiger partial charge in [0.25, 0.3) is 11.5 Å². The zero-order chi connectivity index (χ0) is 20.1. The molecule has 0 fully saturated rings. The lowest BCUT2D eigenvalue weighted by Crippen LogP contribution is -2.44. The number of carbonyl (C=O) groups excluding carboxylic acids is 2. The first-order chi connectivity index (χ1) is 12.7. The Balaban J connectivity index is 1.98. The van der Waals surface area contributed by atoms with Gasteiger partial charge in [-0.25, -0.2) is 4.98 Å². The summed E-state index contributed by atoms with van der Waals surface area (Å²) in [6.07, 6.45) is 0.316. The summed E-state index contributed by atoms with van der Waals surface area (Å²) < 4.78 is 6.56. The fourth-order valence-corrected chi connectivity index (χ4v) is 3.16. The van der Waals surface area contributed by atoms with Crippen LogP contribution in [0.15, 0.2) is 29.1 Å². The van der Waals surface area contributed by atoms with E-state index in [2.05, 4.69) is 4.98 Å². The van der Waals surface area contributed by atoms with Crippen molar-refractivity contribution < 1.29 is 14.3 Å². The number of hydrogen-bond donors (Lipinski definition) is 0. The molecule has 0 unspecified atom stereocenters. The molecule has 0 radical (unpaired) electrons. The van der Waals surface area contributed by atoms with Gasteiger partial charge in [-0.15, -0.1) is 0 Å². The number of amides is 1. The largest absolute Gasteiger partial charge is 0.456 e. The van der Waals surface area contributed by atoms with E-state index in [1.165, 1.54) is 4.57 Å². The first kappa shape index (κ1) is 20.6. The van der Waals surface area contributed by atoms with Crippen LogP contribution in [0.1, 0.15) is 39.9 Å². The lowest BCUT2D eigenvalue weighted by Gasteiger charge is -2.30. The van der Waals surface area contributed by atoms with Crippen molar-refractivity contribution in [3.63, 3.8) is 0 Å². The SMILES string of the molecule is CC(C)N(C(=O)COC(=O)CCc1nc2ccccc2c(=O)n1C)C(C)C. The predicted molar refractivity (Wildman–Crippen MR) is 103 cm³/mol. The van der Waals surface area contributed by atoms with Crippen molar-refractivity contribution in [1.82, 2.24) is 14.5 Å². The van der Waals surface area contributed by atoms with E-state index < -0.39 is 5.97 Å². The van der Waals surface area contributed by atoms with Crippen LogP contribution in [0.2, 0.25) is 0 Å². The van der Waals surface area contributed by atoms with E-state index >= 15 is 0 Å². The van der Waals surface area contributed by atoms with E-state index in [4.69, 9.17) is 4.74 Å². The lowest BCUT2D eigenvalue weighted by atomic mass is 10.2. The lowest BCUT2D eigenvalue weighted by molar-refractivity contribution is -0.153. The van der Waals surface area contributed by atoms with Crippen molar-refractivity contribution in [2.75, 3.05) is 6.61 Å². The van der Waals surface area contributed by atoms with E-state index in [-0.39, 0.29) is 43.0 Å². The molecule has 27 heavy (non-hydrogen) atoms. The highest BCUT2D eigenvalue weighted by molar-refractivity contribution is 5.81. The van der Waals surface area contributed by atoms with Crippen molar-refractivity contribution >= 4 is 22.8 Å². The highest BCUT2D eigenvalue weighted by Gasteiger charge is 2.21. The molecule has 2 aromatic rings. The third kappa shape index (κ3) is 4.93. The van der Waals surface area contributed by atoms with Crippen LogP contribution in [0.4, 0.5) is 0 Å². The third-order valence-corrected chi connectivity index (χ3v) is 4.39. The second-order valence-electron chi connectivity index (χ2n) is 7.06. The fourth-order valence-electron chi connectivity index (χ4n) is 3.16. The highest BCUT2D eigenvalue weighted by Crippen LogP contribution is 2.09. The van der Waals surface area contributed by atoms with Crippen LogP contribution in [-0.4, -0.2) is 45.0 Å². The average Bonchev–Trinajstić information content (AvgIpc) is 2.61. The topological polar surface area (TPSA) is 81.5 Å². The van der Waals surface area contributed by atoms with E-state index in [1.54, 1.807) is 30.1 Å². The van der Waals surface area contributed by atoms with Crippen LogP contribution in [-0.2, 0) is 27.8 Å². The van der Waals surface area contributed by atoms with Crippen LogP contribution >= 0.6 is 0 Å². The molecule has 7 heteroatoms. The van der Waals surface area contributed by atoms with Crippen LogP contribution in [0.3, 0.4) is 0 Å². The minimum atomic E-state index is -0.488. The Hall–Kier alpha value is -2.70. The molecule has 0 aliphatic heterocycles. The number of rotatable bonds is 7. The standard InChI is InChI=1S/C20H27N3O4/c1-13(2)23(14(3)4)18(24)12-27-19(25)11-10-17-21-16-9-7-6-8-15(16)20(26)22(17)5/h6-9,13-14H,10-12H2,1-5H3. The van der Waals surface area contributed by atoms with Crippen molar-refractivity contribution in [2.45, 2.75) is 52.6 Å². The molecule has 0 saturated heterocycles. The van der Waals surface area contributed by atoms with Crippen molar-refractivity contribution in [3.05, 3.63) is 40.4 Å². The van der Waals surface area contributed by atoms with Crippen LogP contribution in [0.5, 0.6) is 0 Å². The molecule has 0 saturated carbocycles. The normalized spacial score (nSPS) is 11.2. The number of benzene rings is 1. The zero-order valence-electron chi connectivity index (χ0n) is 16.6. The van der Waals surface area contributed by atoms with E-state index in [9.17, 15) is 14.4 Å². The Morgan fingerprint density at radius 1 is 1.15 bits per heavy atom. The molecule has 0 aliphatic carbocycles. The van der Waals surface area contributed by atoms with Gasteiger partial charge in [-0.05, 0) is 39.8 Å². The van der Waals surface area contributed by atoms with Gasteiger partial charge >= 0.3 is 5.97 Å². The van der Waals surface area contributed by atoms with E-state index in [1.807, 2.05) is 33.8 Å². The fraction of sp³-hybridized carbons (Fsp3) is 0.500. The molecule has 0 N–H and O–H groups in total. The van der Waals surface area contributed by atoms with Gasteiger partial charge in [0.2, 0.25) is 0 Å². The Kier molecular flexibility index (Phi) is 6.71. The summed E-state index contributed by atoms with van der Waals surface area (Å²) in [4.78, 5) is 42.8. The predicted octanol–water partition coefficient (Wildman–Crippen LogP) is 2.05. The molecule has 1 aromatic carbocycles. The molecule has 0 spiro atoms. The quantitative estimate of drug-likeness (QED) is 0.694. The first-order valence-corrected chi connectivity index (χ1v) is 9.13. The summed E-state index contributed by atoms with van der Waals surface area (Å²) in [6.45, 7) is 7.41.